The minimum absolute atomic E-state index is 0.0416. The van der Waals surface area contributed by atoms with E-state index in [1.54, 1.807) is 19.1 Å². The van der Waals surface area contributed by atoms with Crippen LogP contribution in [0.1, 0.15) is 35.3 Å². The first-order valence-corrected chi connectivity index (χ1v) is 9.28. The fourth-order valence-electron chi connectivity index (χ4n) is 4.90. The smallest absolute Gasteiger partial charge is 0.183 e. The maximum Gasteiger partial charge on any atom is 0.183 e. The molecule has 0 aliphatic heterocycles. The number of hydrogen-bond acceptors (Lipinski definition) is 7. The number of benzene rings is 2. The summed E-state index contributed by atoms with van der Waals surface area (Å²) in [4.78, 5) is 38.8. The summed E-state index contributed by atoms with van der Waals surface area (Å²) in [6.07, 6.45) is 0.157. The number of carbonyl (C=O) groups excluding carboxylic acids is 3. The van der Waals surface area contributed by atoms with Crippen LogP contribution in [0.5, 0.6) is 11.5 Å². The number of aliphatic hydroxyl groups excluding tert-OH is 1. The van der Waals surface area contributed by atoms with E-state index in [-0.39, 0.29) is 23.1 Å². The van der Waals surface area contributed by atoms with Gasteiger partial charge in [0.1, 0.15) is 22.8 Å². The molecule has 0 saturated heterocycles. The van der Waals surface area contributed by atoms with Crippen LogP contribution in [0.2, 0.25) is 0 Å². The van der Waals surface area contributed by atoms with E-state index in [9.17, 15) is 29.7 Å². The molecule has 0 saturated carbocycles. The number of phenolic OH excluding ortho intramolecular Hbond substituents is 2. The van der Waals surface area contributed by atoms with E-state index in [0.717, 1.165) is 6.92 Å². The van der Waals surface area contributed by atoms with Crippen molar-refractivity contribution in [3.05, 3.63) is 46.2 Å². The minimum Gasteiger partial charge on any atom is -0.510 e. The highest BCUT2D eigenvalue weighted by Gasteiger charge is 2.59. The van der Waals surface area contributed by atoms with Crippen LogP contribution in [-0.2, 0) is 16.0 Å². The molecule has 0 fully saturated rings. The van der Waals surface area contributed by atoms with Crippen LogP contribution in [0.15, 0.2) is 29.5 Å². The quantitative estimate of drug-likeness (QED) is 0.429. The Bertz CT molecular complexity index is 1180. The van der Waals surface area contributed by atoms with Gasteiger partial charge in [-0.05, 0) is 49.8 Å². The lowest BCUT2D eigenvalue weighted by Crippen LogP contribution is -2.59. The first kappa shape index (κ1) is 19.1. The Labute approximate surface area is 166 Å². The minimum atomic E-state index is -1.71. The van der Waals surface area contributed by atoms with Crippen molar-refractivity contribution >= 4 is 28.1 Å². The highest BCUT2D eigenvalue weighted by atomic mass is 16.3. The Hall–Kier alpha value is -3.19. The second-order valence-electron chi connectivity index (χ2n) is 8.04. The van der Waals surface area contributed by atoms with Crippen LogP contribution in [0.4, 0.5) is 0 Å². The standard InChI is InChI=1S/C22H21NO6/c1-8-10-5-4-6-13(25)15(10)18(26)16-11(8)7-12-17(23)19(27)14(9(2)24)20(28)22(12,3)21(16)29/h4-6,12,17,25-27H,7,23H2,1-3H3/t12?,17-,22?/m1/s1. The van der Waals surface area contributed by atoms with Crippen LogP contribution in [0, 0.1) is 18.3 Å². The summed E-state index contributed by atoms with van der Waals surface area (Å²) in [7, 11) is 0. The third kappa shape index (κ3) is 2.19. The lowest BCUT2D eigenvalue weighted by Gasteiger charge is -2.46. The van der Waals surface area contributed by atoms with Gasteiger partial charge in [0.05, 0.1) is 22.4 Å². The summed E-state index contributed by atoms with van der Waals surface area (Å²) < 4.78 is 0. The van der Waals surface area contributed by atoms with E-state index in [1.165, 1.54) is 13.0 Å². The Kier molecular flexibility index (Phi) is 3.90. The lowest BCUT2D eigenvalue weighted by molar-refractivity contribution is -0.129. The number of rotatable bonds is 1. The Morgan fingerprint density at radius 2 is 1.83 bits per heavy atom. The molecule has 0 heterocycles. The number of carbonyl (C=O) groups is 3. The van der Waals surface area contributed by atoms with E-state index in [0.29, 0.717) is 16.5 Å². The first-order chi connectivity index (χ1) is 13.5. The molecule has 150 valence electrons. The van der Waals surface area contributed by atoms with Gasteiger partial charge in [0.15, 0.2) is 17.3 Å². The van der Waals surface area contributed by atoms with Crippen molar-refractivity contribution in [1.29, 1.82) is 0 Å². The summed E-state index contributed by atoms with van der Waals surface area (Å²) in [5, 5.41) is 32.3. The monoisotopic (exact) mass is 395 g/mol. The zero-order chi connectivity index (χ0) is 21.4. The zero-order valence-electron chi connectivity index (χ0n) is 16.2. The van der Waals surface area contributed by atoms with E-state index in [2.05, 4.69) is 0 Å². The number of ketones is 3. The molecule has 2 aliphatic carbocycles. The van der Waals surface area contributed by atoms with Crippen molar-refractivity contribution < 1.29 is 29.7 Å². The predicted octanol–water partition coefficient (Wildman–Crippen LogP) is 2.23. The molecule has 2 aromatic carbocycles. The largest absolute Gasteiger partial charge is 0.510 e. The van der Waals surface area contributed by atoms with E-state index in [4.69, 9.17) is 5.73 Å². The molecule has 2 aliphatic rings. The zero-order valence-corrected chi connectivity index (χ0v) is 16.2. The van der Waals surface area contributed by atoms with Crippen LogP contribution in [-0.4, -0.2) is 38.7 Å². The van der Waals surface area contributed by atoms with Gasteiger partial charge in [-0.25, -0.2) is 0 Å². The molecular formula is C22H21NO6. The number of fused-ring (bicyclic) bond motifs is 3. The van der Waals surface area contributed by atoms with E-state index in [1.807, 2.05) is 0 Å². The normalized spacial score (nSPS) is 26.5. The highest BCUT2D eigenvalue weighted by molar-refractivity contribution is 6.31. The summed E-state index contributed by atoms with van der Waals surface area (Å²) in [5.41, 5.74) is 5.18. The van der Waals surface area contributed by atoms with Gasteiger partial charge in [0.2, 0.25) is 0 Å². The van der Waals surface area contributed by atoms with Gasteiger partial charge >= 0.3 is 0 Å². The average molecular weight is 395 g/mol. The molecule has 0 amide bonds. The molecule has 0 aromatic heterocycles. The number of Topliss-reactive ketones (excluding diaryl/α,β-unsaturated/α-hetero) is 3. The third-order valence-corrected chi connectivity index (χ3v) is 6.60. The molecule has 5 N–H and O–H groups in total. The number of nitrogens with two attached hydrogens (primary N) is 1. The molecule has 7 nitrogen and oxygen atoms in total. The molecule has 2 unspecified atom stereocenters. The van der Waals surface area contributed by atoms with Crippen molar-refractivity contribution in [1.82, 2.24) is 0 Å². The van der Waals surface area contributed by atoms with Gasteiger partial charge in [0.25, 0.3) is 0 Å². The van der Waals surface area contributed by atoms with Crippen molar-refractivity contribution in [3.8, 4) is 11.5 Å². The van der Waals surface area contributed by atoms with Crippen LogP contribution >= 0.6 is 0 Å². The van der Waals surface area contributed by atoms with Crippen molar-refractivity contribution in [2.24, 2.45) is 17.1 Å². The van der Waals surface area contributed by atoms with Gasteiger partial charge in [0, 0.05) is 5.92 Å². The van der Waals surface area contributed by atoms with Crippen molar-refractivity contribution in [3.63, 3.8) is 0 Å². The van der Waals surface area contributed by atoms with Crippen molar-refractivity contribution in [2.75, 3.05) is 0 Å². The molecule has 3 atom stereocenters. The number of hydrogen-bond donors (Lipinski definition) is 4. The van der Waals surface area contributed by atoms with Gasteiger partial charge < -0.3 is 21.1 Å². The Balaban J connectivity index is 2.07. The molecule has 0 bridgehead atoms. The molecule has 0 radical (unpaired) electrons. The Morgan fingerprint density at radius 1 is 1.17 bits per heavy atom. The molecule has 0 spiro atoms. The van der Waals surface area contributed by atoms with Crippen LogP contribution in [0.25, 0.3) is 10.8 Å². The molecule has 4 rings (SSSR count). The second-order valence-corrected chi connectivity index (χ2v) is 8.04. The molecule has 29 heavy (non-hydrogen) atoms. The lowest BCUT2D eigenvalue weighted by atomic mass is 9.55. The SMILES string of the molecule is CC(=O)C1=C(O)[C@H](N)C2Cc3c(c(O)c4c(O)cccc4c3C)C(=O)C2(C)C1=O. The summed E-state index contributed by atoms with van der Waals surface area (Å²) in [6.45, 7) is 4.31. The van der Waals surface area contributed by atoms with Gasteiger partial charge in [-0.3, -0.25) is 14.4 Å². The average Bonchev–Trinajstić information content (AvgIpc) is 2.66. The fourth-order valence-corrected chi connectivity index (χ4v) is 4.90. The maximum absolute atomic E-state index is 13.6. The number of aryl methyl sites for hydroxylation is 1. The second kappa shape index (κ2) is 5.90. The molecule has 2 aromatic rings. The summed E-state index contributed by atoms with van der Waals surface area (Å²) >= 11 is 0. The Morgan fingerprint density at radius 3 is 2.45 bits per heavy atom. The first-order valence-electron chi connectivity index (χ1n) is 9.28. The summed E-state index contributed by atoms with van der Waals surface area (Å²) in [5.74, 6) is -3.97. The van der Waals surface area contributed by atoms with Crippen LogP contribution < -0.4 is 5.73 Å². The van der Waals surface area contributed by atoms with Gasteiger partial charge in [-0.15, -0.1) is 0 Å². The van der Waals surface area contributed by atoms with E-state index >= 15 is 0 Å². The van der Waals surface area contributed by atoms with Crippen molar-refractivity contribution in [2.45, 2.75) is 33.2 Å². The van der Waals surface area contributed by atoms with Gasteiger partial charge in [-0.1, -0.05) is 12.1 Å². The third-order valence-electron chi connectivity index (χ3n) is 6.60. The fraction of sp³-hybridized carbons (Fsp3) is 0.318. The number of allylic oxidation sites excluding steroid dienone is 1. The van der Waals surface area contributed by atoms with E-state index < -0.39 is 51.8 Å². The maximum atomic E-state index is 13.6. The van der Waals surface area contributed by atoms with Gasteiger partial charge in [-0.2, -0.15) is 0 Å². The van der Waals surface area contributed by atoms with Crippen LogP contribution in [0.3, 0.4) is 0 Å². The molecule has 7 heteroatoms. The summed E-state index contributed by atoms with van der Waals surface area (Å²) in [6, 6.07) is 3.69. The topological polar surface area (TPSA) is 138 Å². The highest BCUT2D eigenvalue weighted by Crippen LogP contribution is 2.52. The molecular weight excluding hydrogens is 374 g/mol. The number of aromatic hydroxyl groups is 2. The number of aliphatic hydroxyl groups is 1. The number of phenols is 2. The predicted molar refractivity (Wildman–Crippen MR) is 105 cm³/mol.